The summed E-state index contributed by atoms with van der Waals surface area (Å²) in [4.78, 5) is 8.82. The molecule has 0 radical (unpaired) electrons. The Bertz CT molecular complexity index is 643. The van der Waals surface area contributed by atoms with E-state index in [1.165, 1.54) is 12.8 Å². The van der Waals surface area contributed by atoms with E-state index in [1.54, 1.807) is 6.20 Å². The van der Waals surface area contributed by atoms with Crippen molar-refractivity contribution >= 4 is 5.82 Å². The summed E-state index contributed by atoms with van der Waals surface area (Å²) < 4.78 is 5.54. The van der Waals surface area contributed by atoms with Gasteiger partial charge in [-0.1, -0.05) is 0 Å². The number of hydrogen-bond donors (Lipinski definition) is 0. The fourth-order valence-corrected chi connectivity index (χ4v) is 2.84. The third-order valence-electron chi connectivity index (χ3n) is 4.53. The maximum absolute atomic E-state index is 5.54. The fraction of sp³-hybridized carbons (Fsp3) is 0.562. The highest BCUT2D eigenvalue weighted by Gasteiger charge is 2.32. The summed E-state index contributed by atoms with van der Waals surface area (Å²) in [7, 11) is 2.11. The van der Waals surface area contributed by atoms with Gasteiger partial charge in [0.05, 0.1) is 18.4 Å². The summed E-state index contributed by atoms with van der Waals surface area (Å²) in [6.45, 7) is 4.63. The maximum Gasteiger partial charge on any atom is 0.208 e. The Hall–Kier alpha value is -1.95. The second-order valence-corrected chi connectivity index (χ2v) is 6.43. The number of likely N-dealkylation sites (N-methyl/N-ethyl adjacent to an activating group) is 1. The Labute approximate surface area is 130 Å². The van der Waals surface area contributed by atoms with Gasteiger partial charge in [0.15, 0.2) is 5.82 Å². The van der Waals surface area contributed by atoms with Crippen LogP contribution in [0.3, 0.4) is 0 Å². The van der Waals surface area contributed by atoms with Gasteiger partial charge in [-0.15, -0.1) is 5.10 Å². The van der Waals surface area contributed by atoms with Gasteiger partial charge in [0.2, 0.25) is 5.89 Å². The van der Waals surface area contributed by atoms with Gasteiger partial charge in [-0.3, -0.25) is 4.90 Å². The lowest BCUT2D eigenvalue weighted by Gasteiger charge is -2.44. The molecule has 0 spiro atoms. The lowest BCUT2D eigenvalue weighted by Crippen LogP contribution is -2.58. The highest BCUT2D eigenvalue weighted by molar-refractivity contribution is 5.42. The molecular weight excluding hydrogens is 278 g/mol. The zero-order chi connectivity index (χ0) is 15.1. The molecular formula is C16H21N5O. The summed E-state index contributed by atoms with van der Waals surface area (Å²) in [6, 6.07) is 4.75. The Kier molecular flexibility index (Phi) is 3.33. The minimum absolute atomic E-state index is 0.511. The van der Waals surface area contributed by atoms with E-state index in [1.807, 2.05) is 6.92 Å². The number of aryl methyl sites for hydroxylation is 1. The normalized spacial score (nSPS) is 18.8. The molecule has 2 aliphatic rings. The molecule has 3 heterocycles. The van der Waals surface area contributed by atoms with Crippen LogP contribution < -0.4 is 4.90 Å². The van der Waals surface area contributed by atoms with E-state index < -0.39 is 0 Å². The van der Waals surface area contributed by atoms with Crippen molar-refractivity contribution in [2.45, 2.75) is 38.3 Å². The van der Waals surface area contributed by atoms with Gasteiger partial charge in [0.25, 0.3) is 0 Å². The monoisotopic (exact) mass is 299 g/mol. The Balaban J connectivity index is 1.31. The van der Waals surface area contributed by atoms with Crippen molar-refractivity contribution in [2.75, 3.05) is 25.0 Å². The zero-order valence-corrected chi connectivity index (χ0v) is 13.1. The predicted molar refractivity (Wildman–Crippen MR) is 82.7 cm³/mol. The topological polar surface area (TPSA) is 58.3 Å². The first-order valence-electron chi connectivity index (χ1n) is 7.89. The largest absolute Gasteiger partial charge is 0.445 e. The van der Waals surface area contributed by atoms with Gasteiger partial charge in [-0.05, 0) is 38.9 Å². The van der Waals surface area contributed by atoms with Crippen molar-refractivity contribution < 1.29 is 4.42 Å². The van der Waals surface area contributed by atoms with Gasteiger partial charge in [-0.25, -0.2) is 4.98 Å². The molecule has 0 bridgehead atoms. The van der Waals surface area contributed by atoms with E-state index >= 15 is 0 Å². The van der Waals surface area contributed by atoms with Crippen molar-refractivity contribution in [3.05, 3.63) is 35.7 Å². The molecule has 4 rings (SSSR count). The van der Waals surface area contributed by atoms with Crippen molar-refractivity contribution in [3.8, 4) is 0 Å². The van der Waals surface area contributed by atoms with Crippen LogP contribution in [0.25, 0.3) is 0 Å². The van der Waals surface area contributed by atoms with Crippen molar-refractivity contribution in [1.82, 2.24) is 20.1 Å². The first kappa shape index (κ1) is 13.7. The average Bonchev–Trinajstić information content (AvgIpc) is 3.22. The van der Waals surface area contributed by atoms with E-state index in [0.29, 0.717) is 12.0 Å². The number of oxazole rings is 1. The van der Waals surface area contributed by atoms with Crippen LogP contribution in [-0.4, -0.2) is 46.3 Å². The van der Waals surface area contributed by atoms with Crippen LogP contribution in [0, 0.1) is 6.92 Å². The third kappa shape index (κ3) is 2.70. The van der Waals surface area contributed by atoms with E-state index in [-0.39, 0.29) is 0 Å². The maximum atomic E-state index is 5.54. The molecule has 1 saturated carbocycles. The number of aromatic nitrogens is 3. The number of rotatable bonds is 5. The second-order valence-electron chi connectivity index (χ2n) is 6.43. The first-order valence-corrected chi connectivity index (χ1v) is 7.89. The molecule has 0 atom stereocenters. The molecule has 1 aliphatic heterocycles. The third-order valence-corrected chi connectivity index (χ3v) is 4.53. The highest BCUT2D eigenvalue weighted by Crippen LogP contribution is 2.38. The molecule has 6 heteroatoms. The van der Waals surface area contributed by atoms with Crippen LogP contribution in [0.4, 0.5) is 5.82 Å². The molecule has 116 valence electrons. The van der Waals surface area contributed by atoms with Crippen molar-refractivity contribution in [3.63, 3.8) is 0 Å². The van der Waals surface area contributed by atoms with Gasteiger partial charge >= 0.3 is 0 Å². The Morgan fingerprint density at radius 3 is 2.68 bits per heavy atom. The smallest absolute Gasteiger partial charge is 0.208 e. The van der Waals surface area contributed by atoms with E-state index in [9.17, 15) is 0 Å². The lowest BCUT2D eigenvalue weighted by atomic mass is 10.1. The van der Waals surface area contributed by atoms with Gasteiger partial charge in [0, 0.05) is 25.0 Å². The lowest BCUT2D eigenvalue weighted by molar-refractivity contribution is 0.179. The molecule has 0 unspecified atom stereocenters. The molecule has 1 saturated heterocycles. The zero-order valence-electron chi connectivity index (χ0n) is 13.1. The summed E-state index contributed by atoms with van der Waals surface area (Å²) in [5.41, 5.74) is 1.15. The summed E-state index contributed by atoms with van der Waals surface area (Å²) >= 11 is 0. The fourth-order valence-electron chi connectivity index (χ4n) is 2.84. The number of hydrogen-bond acceptors (Lipinski definition) is 6. The average molecular weight is 299 g/mol. The van der Waals surface area contributed by atoms with E-state index in [0.717, 1.165) is 42.8 Å². The van der Waals surface area contributed by atoms with Gasteiger partial charge in [-0.2, -0.15) is 5.10 Å². The van der Waals surface area contributed by atoms with Crippen LogP contribution in [0.2, 0.25) is 0 Å². The molecule has 2 aromatic heterocycles. The molecule has 0 aromatic carbocycles. The van der Waals surface area contributed by atoms with Crippen LogP contribution in [-0.2, 0) is 6.54 Å². The number of nitrogens with zero attached hydrogens (tertiary/aromatic N) is 5. The van der Waals surface area contributed by atoms with E-state index in [2.05, 4.69) is 44.2 Å². The first-order chi connectivity index (χ1) is 10.7. The summed E-state index contributed by atoms with van der Waals surface area (Å²) in [5.74, 6) is 3.30. The minimum atomic E-state index is 0.511. The Morgan fingerprint density at radius 1 is 1.27 bits per heavy atom. The van der Waals surface area contributed by atoms with Crippen molar-refractivity contribution in [1.29, 1.82) is 0 Å². The van der Waals surface area contributed by atoms with Gasteiger partial charge < -0.3 is 9.32 Å². The molecule has 2 aromatic rings. The quantitative estimate of drug-likeness (QED) is 0.841. The molecule has 0 amide bonds. The summed E-state index contributed by atoms with van der Waals surface area (Å²) in [6.07, 6.45) is 4.31. The highest BCUT2D eigenvalue weighted by atomic mass is 16.4. The Morgan fingerprint density at radius 2 is 2.09 bits per heavy atom. The van der Waals surface area contributed by atoms with Crippen LogP contribution in [0.1, 0.15) is 36.1 Å². The molecule has 1 aliphatic carbocycles. The minimum Gasteiger partial charge on any atom is -0.445 e. The van der Waals surface area contributed by atoms with Gasteiger partial charge in [0.1, 0.15) is 5.76 Å². The second kappa shape index (κ2) is 5.35. The molecule has 22 heavy (non-hydrogen) atoms. The standard InChI is InChI=1S/C16H21N5O/c1-11-7-17-16(22-11)10-20(2)13-8-21(9-13)15-6-5-14(18-19-15)12-3-4-12/h5-7,12-13H,3-4,8-10H2,1-2H3. The summed E-state index contributed by atoms with van der Waals surface area (Å²) in [5, 5.41) is 8.72. The van der Waals surface area contributed by atoms with E-state index in [4.69, 9.17) is 4.42 Å². The SMILES string of the molecule is Cc1cnc(CN(C)C2CN(c3ccc(C4CC4)nn3)C2)o1. The van der Waals surface area contributed by atoms with Crippen LogP contribution in [0.15, 0.2) is 22.7 Å². The molecule has 6 nitrogen and oxygen atoms in total. The predicted octanol–water partition coefficient (Wildman–Crippen LogP) is 1.97. The van der Waals surface area contributed by atoms with Crippen LogP contribution in [0.5, 0.6) is 0 Å². The van der Waals surface area contributed by atoms with Crippen LogP contribution >= 0.6 is 0 Å². The molecule has 2 fully saturated rings. The number of anilines is 1. The molecule has 0 N–H and O–H groups in total. The van der Waals surface area contributed by atoms with Crippen molar-refractivity contribution in [2.24, 2.45) is 0 Å².